The summed E-state index contributed by atoms with van der Waals surface area (Å²) in [6.45, 7) is 7.97. The van der Waals surface area contributed by atoms with Crippen LogP contribution in [0.5, 0.6) is 0 Å². The van der Waals surface area contributed by atoms with Crippen LogP contribution < -0.4 is 4.72 Å². The highest BCUT2D eigenvalue weighted by Gasteiger charge is 2.17. The summed E-state index contributed by atoms with van der Waals surface area (Å²) in [4.78, 5) is 0.296. The van der Waals surface area contributed by atoms with Crippen molar-refractivity contribution >= 4 is 15.7 Å². The van der Waals surface area contributed by atoms with Crippen LogP contribution in [0.2, 0.25) is 0 Å². The van der Waals surface area contributed by atoms with E-state index in [0.717, 1.165) is 16.7 Å². The number of rotatable bonds is 4. The standard InChI is InChI=1S/C17H21NO2S/c1-12(2)16-7-5-6-8-17(16)18-21(19,20)15-10-9-13(3)14(4)11-15/h5-12,18H,1-4H3. The lowest BCUT2D eigenvalue weighted by Gasteiger charge is -2.15. The Labute approximate surface area is 127 Å². The molecule has 1 N–H and O–H groups in total. The molecule has 0 fully saturated rings. The van der Waals surface area contributed by atoms with Gasteiger partial charge in [-0.3, -0.25) is 4.72 Å². The van der Waals surface area contributed by atoms with Gasteiger partial charge in [-0.2, -0.15) is 0 Å². The third-order valence-electron chi connectivity index (χ3n) is 3.62. The molecule has 0 amide bonds. The van der Waals surface area contributed by atoms with E-state index >= 15 is 0 Å². The number of nitrogens with one attached hydrogen (secondary N) is 1. The molecule has 0 radical (unpaired) electrons. The van der Waals surface area contributed by atoms with E-state index in [1.807, 2.05) is 52.0 Å². The molecule has 2 rings (SSSR count). The van der Waals surface area contributed by atoms with Gasteiger partial charge < -0.3 is 0 Å². The first-order chi connectivity index (χ1) is 9.81. The molecule has 0 atom stereocenters. The van der Waals surface area contributed by atoms with Gasteiger partial charge in [-0.25, -0.2) is 8.42 Å². The van der Waals surface area contributed by atoms with E-state index < -0.39 is 10.0 Å². The lowest BCUT2D eigenvalue weighted by atomic mass is 10.0. The van der Waals surface area contributed by atoms with Crippen LogP contribution in [0.15, 0.2) is 47.4 Å². The highest BCUT2D eigenvalue weighted by molar-refractivity contribution is 7.92. The third kappa shape index (κ3) is 3.45. The van der Waals surface area contributed by atoms with Crippen molar-refractivity contribution in [1.82, 2.24) is 0 Å². The highest BCUT2D eigenvalue weighted by Crippen LogP contribution is 2.26. The Kier molecular flexibility index (Phi) is 4.37. The molecule has 4 heteroatoms. The van der Waals surface area contributed by atoms with Crippen LogP contribution in [0.3, 0.4) is 0 Å². The molecule has 0 bridgehead atoms. The zero-order valence-electron chi connectivity index (χ0n) is 12.8. The van der Waals surface area contributed by atoms with Crippen molar-refractivity contribution in [2.24, 2.45) is 0 Å². The molecule has 2 aromatic carbocycles. The van der Waals surface area contributed by atoms with Crippen molar-refractivity contribution in [2.45, 2.75) is 38.5 Å². The molecule has 0 aliphatic rings. The molecule has 0 aliphatic carbocycles. The van der Waals surface area contributed by atoms with Crippen LogP contribution in [0.25, 0.3) is 0 Å². The summed E-state index contributed by atoms with van der Waals surface area (Å²) in [5, 5.41) is 0. The summed E-state index contributed by atoms with van der Waals surface area (Å²) in [5.74, 6) is 0.253. The summed E-state index contributed by atoms with van der Waals surface area (Å²) in [5.41, 5.74) is 3.68. The fourth-order valence-electron chi connectivity index (χ4n) is 2.18. The van der Waals surface area contributed by atoms with E-state index in [-0.39, 0.29) is 5.92 Å². The molecule has 0 aromatic heterocycles. The van der Waals surface area contributed by atoms with E-state index in [9.17, 15) is 8.42 Å². The first-order valence-electron chi connectivity index (χ1n) is 7.00. The van der Waals surface area contributed by atoms with Gasteiger partial charge in [0.2, 0.25) is 0 Å². The van der Waals surface area contributed by atoms with Gasteiger partial charge in [0, 0.05) is 0 Å². The molecule has 0 saturated carbocycles. The Morgan fingerprint density at radius 3 is 2.24 bits per heavy atom. The fourth-order valence-corrected chi connectivity index (χ4v) is 3.35. The Bertz CT molecular complexity index is 749. The van der Waals surface area contributed by atoms with Gasteiger partial charge in [0.1, 0.15) is 0 Å². The molecule has 3 nitrogen and oxygen atoms in total. The third-order valence-corrected chi connectivity index (χ3v) is 4.98. The summed E-state index contributed by atoms with van der Waals surface area (Å²) >= 11 is 0. The molecule has 0 unspecified atom stereocenters. The Morgan fingerprint density at radius 1 is 0.952 bits per heavy atom. The van der Waals surface area contributed by atoms with E-state index in [0.29, 0.717) is 10.6 Å². The monoisotopic (exact) mass is 303 g/mol. The zero-order valence-corrected chi connectivity index (χ0v) is 13.7. The fraction of sp³-hybridized carbons (Fsp3) is 0.294. The number of hydrogen-bond acceptors (Lipinski definition) is 2. The molecular weight excluding hydrogens is 282 g/mol. The predicted molar refractivity (Wildman–Crippen MR) is 87.3 cm³/mol. The lowest BCUT2D eigenvalue weighted by molar-refractivity contribution is 0.601. The van der Waals surface area contributed by atoms with Crippen molar-refractivity contribution in [1.29, 1.82) is 0 Å². The SMILES string of the molecule is Cc1ccc(S(=O)(=O)Nc2ccccc2C(C)C)cc1C. The van der Waals surface area contributed by atoms with Gasteiger partial charge in [-0.05, 0) is 54.7 Å². The molecular formula is C17H21NO2S. The number of para-hydroxylation sites is 1. The Balaban J connectivity index is 2.40. The first kappa shape index (κ1) is 15.6. The van der Waals surface area contributed by atoms with Crippen molar-refractivity contribution in [2.75, 3.05) is 4.72 Å². The largest absolute Gasteiger partial charge is 0.279 e. The van der Waals surface area contributed by atoms with E-state index in [4.69, 9.17) is 0 Å². The Hall–Kier alpha value is -1.81. The zero-order chi connectivity index (χ0) is 15.6. The molecule has 0 spiro atoms. The van der Waals surface area contributed by atoms with Crippen LogP contribution in [0, 0.1) is 13.8 Å². The van der Waals surface area contributed by atoms with Crippen molar-refractivity contribution < 1.29 is 8.42 Å². The van der Waals surface area contributed by atoms with Gasteiger partial charge in [-0.15, -0.1) is 0 Å². The topological polar surface area (TPSA) is 46.2 Å². The first-order valence-corrected chi connectivity index (χ1v) is 8.48. The lowest BCUT2D eigenvalue weighted by Crippen LogP contribution is -2.14. The van der Waals surface area contributed by atoms with Gasteiger partial charge in [0.15, 0.2) is 0 Å². The maximum Gasteiger partial charge on any atom is 0.261 e. The minimum Gasteiger partial charge on any atom is -0.279 e. The van der Waals surface area contributed by atoms with Crippen LogP contribution in [0.4, 0.5) is 5.69 Å². The molecule has 21 heavy (non-hydrogen) atoms. The normalized spacial score (nSPS) is 11.7. The highest BCUT2D eigenvalue weighted by atomic mass is 32.2. The van der Waals surface area contributed by atoms with Gasteiger partial charge in [0.05, 0.1) is 10.6 Å². The quantitative estimate of drug-likeness (QED) is 0.919. The second-order valence-electron chi connectivity index (χ2n) is 5.59. The summed E-state index contributed by atoms with van der Waals surface area (Å²) in [7, 11) is -3.56. The smallest absolute Gasteiger partial charge is 0.261 e. The van der Waals surface area contributed by atoms with Crippen molar-refractivity contribution in [3.8, 4) is 0 Å². The summed E-state index contributed by atoms with van der Waals surface area (Å²) in [6, 6.07) is 12.7. The minimum absolute atomic E-state index is 0.253. The number of sulfonamides is 1. The second kappa shape index (κ2) is 5.90. The summed E-state index contributed by atoms with van der Waals surface area (Å²) in [6.07, 6.45) is 0. The second-order valence-corrected chi connectivity index (χ2v) is 7.28. The average Bonchev–Trinajstić information content (AvgIpc) is 2.41. The van der Waals surface area contributed by atoms with Crippen LogP contribution in [-0.4, -0.2) is 8.42 Å². The van der Waals surface area contributed by atoms with Crippen molar-refractivity contribution in [3.63, 3.8) is 0 Å². The Morgan fingerprint density at radius 2 is 1.62 bits per heavy atom. The number of anilines is 1. The molecule has 2 aromatic rings. The van der Waals surface area contributed by atoms with Crippen molar-refractivity contribution in [3.05, 3.63) is 59.2 Å². The molecule has 112 valence electrons. The van der Waals surface area contributed by atoms with Gasteiger partial charge in [-0.1, -0.05) is 38.1 Å². The molecule has 0 heterocycles. The van der Waals surface area contributed by atoms with Gasteiger partial charge in [0.25, 0.3) is 10.0 Å². The minimum atomic E-state index is -3.56. The van der Waals surface area contributed by atoms with Crippen LogP contribution in [0.1, 0.15) is 36.5 Å². The number of hydrogen-bond donors (Lipinski definition) is 1. The molecule has 0 saturated heterocycles. The van der Waals surface area contributed by atoms with Gasteiger partial charge >= 0.3 is 0 Å². The molecule has 0 aliphatic heterocycles. The predicted octanol–water partition coefficient (Wildman–Crippen LogP) is 4.23. The maximum absolute atomic E-state index is 12.5. The number of aryl methyl sites for hydroxylation is 2. The summed E-state index contributed by atoms with van der Waals surface area (Å²) < 4.78 is 27.8. The van der Waals surface area contributed by atoms with E-state index in [1.165, 1.54) is 0 Å². The average molecular weight is 303 g/mol. The van der Waals surface area contributed by atoms with Crippen LogP contribution in [-0.2, 0) is 10.0 Å². The number of benzene rings is 2. The van der Waals surface area contributed by atoms with E-state index in [1.54, 1.807) is 18.2 Å². The van der Waals surface area contributed by atoms with E-state index in [2.05, 4.69) is 4.72 Å². The van der Waals surface area contributed by atoms with Crippen LogP contribution >= 0.6 is 0 Å². The maximum atomic E-state index is 12.5.